The molecule has 31 heavy (non-hydrogen) atoms. The summed E-state index contributed by atoms with van der Waals surface area (Å²) in [6.07, 6.45) is 3.91. The summed E-state index contributed by atoms with van der Waals surface area (Å²) in [5, 5.41) is 12.2. The Bertz CT molecular complexity index is 1330. The molecule has 154 valence electrons. The number of carbonyl (C=O) groups is 1. The van der Waals surface area contributed by atoms with Gasteiger partial charge in [-0.3, -0.25) is 9.78 Å². The molecule has 2 aromatic heterocycles. The molecule has 0 unspecified atom stereocenters. The van der Waals surface area contributed by atoms with Gasteiger partial charge >= 0.3 is 0 Å². The molecular weight excluding hydrogens is 410 g/mol. The van der Waals surface area contributed by atoms with Crippen molar-refractivity contribution in [3.63, 3.8) is 0 Å². The molecule has 1 fully saturated rings. The van der Waals surface area contributed by atoms with Crippen LogP contribution in [0.2, 0.25) is 5.02 Å². The van der Waals surface area contributed by atoms with Crippen molar-refractivity contribution in [1.29, 1.82) is 5.26 Å². The fourth-order valence-electron chi connectivity index (χ4n) is 4.31. The monoisotopic (exact) mass is 429 g/mol. The second kappa shape index (κ2) is 7.93. The van der Waals surface area contributed by atoms with E-state index in [0.29, 0.717) is 43.2 Å². The van der Waals surface area contributed by atoms with Crippen LogP contribution in [0.5, 0.6) is 0 Å². The Kier molecular flexibility index (Phi) is 4.97. The summed E-state index contributed by atoms with van der Waals surface area (Å²) < 4.78 is 0. The van der Waals surface area contributed by atoms with Crippen LogP contribution in [0.3, 0.4) is 0 Å². The number of nitriles is 1. The maximum Gasteiger partial charge on any atom is 0.227 e. The van der Waals surface area contributed by atoms with Gasteiger partial charge in [0.25, 0.3) is 0 Å². The summed E-state index contributed by atoms with van der Waals surface area (Å²) in [6, 6.07) is 15.8. The molecule has 6 nitrogen and oxygen atoms in total. The standard InChI is InChI=1S/C24H20ClN5O/c25-18-5-6-22-20(12-18)24(17(13-26)15-28-22)30-9-7-29(8-10-30)23(31)11-16-14-27-21-4-2-1-3-19(16)21/h1-6,12,14-15,27H,7-11H2. The van der Waals surface area contributed by atoms with E-state index in [4.69, 9.17) is 11.6 Å². The number of nitrogens with zero attached hydrogens (tertiary/aromatic N) is 4. The number of carbonyl (C=O) groups excluding carboxylic acids is 1. The first-order chi connectivity index (χ1) is 15.1. The van der Waals surface area contributed by atoms with Crippen LogP contribution in [0.25, 0.3) is 21.8 Å². The van der Waals surface area contributed by atoms with Crippen LogP contribution in [-0.4, -0.2) is 47.0 Å². The minimum Gasteiger partial charge on any atom is -0.366 e. The highest BCUT2D eigenvalue weighted by atomic mass is 35.5. The molecule has 0 bridgehead atoms. The quantitative estimate of drug-likeness (QED) is 0.531. The van der Waals surface area contributed by atoms with Gasteiger partial charge in [0, 0.05) is 59.9 Å². The number of amides is 1. The molecule has 0 aliphatic carbocycles. The molecule has 1 N–H and O–H groups in total. The third-order valence-corrected chi connectivity index (χ3v) is 6.12. The lowest BCUT2D eigenvalue weighted by Crippen LogP contribution is -2.49. The molecule has 5 rings (SSSR count). The third kappa shape index (κ3) is 3.58. The van der Waals surface area contributed by atoms with Gasteiger partial charge in [0.2, 0.25) is 5.91 Å². The number of pyridine rings is 1. The van der Waals surface area contributed by atoms with Gasteiger partial charge in [-0.2, -0.15) is 5.26 Å². The van der Waals surface area contributed by atoms with E-state index in [0.717, 1.165) is 33.1 Å². The summed E-state index contributed by atoms with van der Waals surface area (Å²) in [6.45, 7) is 2.52. The summed E-state index contributed by atoms with van der Waals surface area (Å²) in [5.41, 5.74) is 4.23. The average molecular weight is 430 g/mol. The molecule has 1 amide bonds. The van der Waals surface area contributed by atoms with Crippen LogP contribution in [0.1, 0.15) is 11.1 Å². The van der Waals surface area contributed by atoms with Gasteiger partial charge in [-0.15, -0.1) is 0 Å². The van der Waals surface area contributed by atoms with E-state index in [1.165, 1.54) is 0 Å². The zero-order valence-corrected chi connectivity index (χ0v) is 17.6. The lowest BCUT2D eigenvalue weighted by atomic mass is 10.1. The Morgan fingerprint density at radius 1 is 1.13 bits per heavy atom. The summed E-state index contributed by atoms with van der Waals surface area (Å²) in [4.78, 5) is 24.6. The van der Waals surface area contributed by atoms with Crippen LogP contribution in [0.15, 0.2) is 54.9 Å². The van der Waals surface area contributed by atoms with Gasteiger partial charge in [-0.1, -0.05) is 29.8 Å². The van der Waals surface area contributed by atoms with E-state index in [1.54, 1.807) is 12.3 Å². The van der Waals surface area contributed by atoms with E-state index in [1.807, 2.05) is 47.5 Å². The van der Waals surface area contributed by atoms with Gasteiger partial charge in [0.05, 0.1) is 23.2 Å². The Morgan fingerprint density at radius 3 is 2.74 bits per heavy atom. The van der Waals surface area contributed by atoms with E-state index < -0.39 is 0 Å². The number of anilines is 1. The predicted molar refractivity (Wildman–Crippen MR) is 122 cm³/mol. The number of aromatic nitrogens is 2. The van der Waals surface area contributed by atoms with Gasteiger partial charge < -0.3 is 14.8 Å². The highest BCUT2D eigenvalue weighted by Crippen LogP contribution is 2.32. The number of fused-ring (bicyclic) bond motifs is 2. The van der Waals surface area contributed by atoms with Crippen LogP contribution in [0.4, 0.5) is 5.69 Å². The Hall–Kier alpha value is -3.56. The second-order valence-corrected chi connectivity index (χ2v) is 8.13. The Labute approximate surface area is 184 Å². The fourth-order valence-corrected chi connectivity index (χ4v) is 4.48. The lowest BCUT2D eigenvalue weighted by Gasteiger charge is -2.37. The highest BCUT2D eigenvalue weighted by molar-refractivity contribution is 6.31. The van der Waals surface area contributed by atoms with Crippen molar-refractivity contribution in [1.82, 2.24) is 14.9 Å². The molecule has 3 heterocycles. The molecule has 4 aromatic rings. The summed E-state index contributed by atoms with van der Waals surface area (Å²) in [7, 11) is 0. The maximum absolute atomic E-state index is 12.9. The molecule has 1 saturated heterocycles. The molecule has 2 aromatic carbocycles. The average Bonchev–Trinajstić information content (AvgIpc) is 3.21. The van der Waals surface area contributed by atoms with Crippen LogP contribution < -0.4 is 4.90 Å². The lowest BCUT2D eigenvalue weighted by molar-refractivity contribution is -0.130. The number of H-pyrrole nitrogens is 1. The smallest absolute Gasteiger partial charge is 0.227 e. The minimum atomic E-state index is 0.118. The molecule has 0 spiro atoms. The topological polar surface area (TPSA) is 76.0 Å². The molecule has 1 aliphatic heterocycles. The first-order valence-corrected chi connectivity index (χ1v) is 10.6. The number of aromatic amines is 1. The van der Waals surface area contributed by atoms with E-state index in [2.05, 4.69) is 20.9 Å². The van der Waals surface area contributed by atoms with Gasteiger partial charge in [-0.25, -0.2) is 0 Å². The van der Waals surface area contributed by atoms with Crippen LogP contribution in [0, 0.1) is 11.3 Å². The highest BCUT2D eigenvalue weighted by Gasteiger charge is 2.25. The number of nitrogens with one attached hydrogen (secondary N) is 1. The Morgan fingerprint density at radius 2 is 1.94 bits per heavy atom. The molecular formula is C24H20ClN5O. The number of para-hydroxylation sites is 1. The van der Waals surface area contributed by atoms with Crippen molar-refractivity contribution in [2.24, 2.45) is 0 Å². The fraction of sp³-hybridized carbons (Fsp3) is 0.208. The van der Waals surface area contributed by atoms with Crippen LogP contribution in [-0.2, 0) is 11.2 Å². The number of benzene rings is 2. The summed E-state index contributed by atoms with van der Waals surface area (Å²) >= 11 is 6.21. The Balaban J connectivity index is 1.34. The number of piperazine rings is 1. The van der Waals surface area contributed by atoms with Crippen molar-refractivity contribution in [2.75, 3.05) is 31.1 Å². The van der Waals surface area contributed by atoms with Crippen LogP contribution >= 0.6 is 11.6 Å². The van der Waals surface area contributed by atoms with E-state index in [-0.39, 0.29) is 5.91 Å². The molecule has 0 radical (unpaired) electrons. The number of hydrogen-bond acceptors (Lipinski definition) is 4. The first-order valence-electron chi connectivity index (χ1n) is 10.2. The number of rotatable bonds is 3. The zero-order chi connectivity index (χ0) is 21.4. The molecule has 1 aliphatic rings. The van der Waals surface area contributed by atoms with Crippen molar-refractivity contribution in [2.45, 2.75) is 6.42 Å². The zero-order valence-electron chi connectivity index (χ0n) is 16.8. The van der Waals surface area contributed by atoms with Crippen molar-refractivity contribution < 1.29 is 4.79 Å². The maximum atomic E-state index is 12.9. The van der Waals surface area contributed by atoms with Gasteiger partial charge in [0.1, 0.15) is 6.07 Å². The number of hydrogen-bond donors (Lipinski definition) is 1. The number of halogens is 1. The normalized spacial score (nSPS) is 14.2. The minimum absolute atomic E-state index is 0.118. The molecule has 0 saturated carbocycles. The van der Waals surface area contributed by atoms with Crippen molar-refractivity contribution in [3.05, 3.63) is 71.0 Å². The second-order valence-electron chi connectivity index (χ2n) is 7.70. The van der Waals surface area contributed by atoms with Crippen molar-refractivity contribution >= 4 is 45.0 Å². The molecule has 7 heteroatoms. The first kappa shape index (κ1) is 19.4. The molecule has 0 atom stereocenters. The SMILES string of the molecule is N#Cc1cnc2ccc(Cl)cc2c1N1CCN(C(=O)Cc2c[nH]c3ccccc23)CC1. The van der Waals surface area contributed by atoms with Crippen molar-refractivity contribution in [3.8, 4) is 6.07 Å². The third-order valence-electron chi connectivity index (χ3n) is 5.89. The van der Waals surface area contributed by atoms with Gasteiger partial charge in [0.15, 0.2) is 0 Å². The van der Waals surface area contributed by atoms with E-state index >= 15 is 0 Å². The summed E-state index contributed by atoms with van der Waals surface area (Å²) in [5.74, 6) is 0.118. The predicted octanol–water partition coefficient (Wildman–Crippen LogP) is 4.13. The van der Waals surface area contributed by atoms with Gasteiger partial charge in [-0.05, 0) is 29.8 Å². The largest absolute Gasteiger partial charge is 0.366 e. The van der Waals surface area contributed by atoms with E-state index in [9.17, 15) is 10.1 Å².